The topological polar surface area (TPSA) is 57.1 Å². The standard InChI is InChI=1S/C16H17NO4S/c1-11-6-4-5-7-13(11)21-10-14-12(8-9-22-14)15(17-20-3)16(18)19-2/h4-9H,10H2,1-3H3/b17-15+. The largest absolute Gasteiger partial charge is 0.488 e. The smallest absolute Gasteiger partial charge is 0.360 e. The molecule has 0 saturated carbocycles. The highest BCUT2D eigenvalue weighted by atomic mass is 32.1. The number of oxime groups is 1. The lowest BCUT2D eigenvalue weighted by molar-refractivity contribution is -0.132. The van der Waals surface area contributed by atoms with Crippen LogP contribution < -0.4 is 4.74 Å². The molecule has 0 aliphatic carbocycles. The number of para-hydroxylation sites is 1. The third kappa shape index (κ3) is 3.65. The molecule has 0 bridgehead atoms. The van der Waals surface area contributed by atoms with Crippen LogP contribution in [0.2, 0.25) is 0 Å². The molecule has 0 aliphatic heterocycles. The number of methoxy groups -OCH3 is 1. The van der Waals surface area contributed by atoms with Crippen molar-refractivity contribution in [2.24, 2.45) is 5.16 Å². The van der Waals surface area contributed by atoms with Gasteiger partial charge in [-0.05, 0) is 30.0 Å². The summed E-state index contributed by atoms with van der Waals surface area (Å²) in [4.78, 5) is 17.4. The number of rotatable bonds is 6. The summed E-state index contributed by atoms with van der Waals surface area (Å²) in [7, 11) is 2.70. The average molecular weight is 319 g/mol. The Morgan fingerprint density at radius 3 is 2.68 bits per heavy atom. The first-order chi connectivity index (χ1) is 10.7. The van der Waals surface area contributed by atoms with E-state index >= 15 is 0 Å². The zero-order chi connectivity index (χ0) is 15.9. The molecule has 0 unspecified atom stereocenters. The number of aryl methyl sites for hydroxylation is 1. The van der Waals surface area contributed by atoms with Gasteiger partial charge in [0.1, 0.15) is 19.5 Å². The van der Waals surface area contributed by atoms with Gasteiger partial charge in [-0.3, -0.25) is 0 Å². The van der Waals surface area contributed by atoms with E-state index in [1.54, 1.807) is 6.07 Å². The Morgan fingerprint density at radius 1 is 1.23 bits per heavy atom. The van der Waals surface area contributed by atoms with Crippen molar-refractivity contribution in [1.82, 2.24) is 0 Å². The third-order valence-electron chi connectivity index (χ3n) is 3.01. The normalized spacial score (nSPS) is 11.1. The van der Waals surface area contributed by atoms with E-state index in [0.717, 1.165) is 16.2 Å². The zero-order valence-corrected chi connectivity index (χ0v) is 13.5. The van der Waals surface area contributed by atoms with E-state index in [2.05, 4.69) is 5.16 Å². The fourth-order valence-corrected chi connectivity index (χ4v) is 2.70. The van der Waals surface area contributed by atoms with Crippen LogP contribution in [0.5, 0.6) is 5.75 Å². The van der Waals surface area contributed by atoms with Crippen molar-refractivity contribution < 1.29 is 19.1 Å². The summed E-state index contributed by atoms with van der Waals surface area (Å²) < 4.78 is 10.6. The molecule has 1 aromatic carbocycles. The number of ether oxygens (including phenoxy) is 2. The van der Waals surface area contributed by atoms with Gasteiger partial charge < -0.3 is 14.3 Å². The van der Waals surface area contributed by atoms with Crippen molar-refractivity contribution in [3.8, 4) is 5.75 Å². The molecule has 0 spiro atoms. The molecule has 22 heavy (non-hydrogen) atoms. The fraction of sp³-hybridized carbons (Fsp3) is 0.250. The van der Waals surface area contributed by atoms with E-state index < -0.39 is 5.97 Å². The maximum atomic E-state index is 11.8. The predicted molar refractivity (Wildman–Crippen MR) is 85.4 cm³/mol. The highest BCUT2D eigenvalue weighted by Crippen LogP contribution is 2.23. The number of carbonyl (C=O) groups excluding carboxylic acids is 1. The molecule has 1 heterocycles. The summed E-state index contributed by atoms with van der Waals surface area (Å²) >= 11 is 1.49. The summed E-state index contributed by atoms with van der Waals surface area (Å²) in [5.74, 6) is 0.266. The monoisotopic (exact) mass is 319 g/mol. The number of hydrogen-bond acceptors (Lipinski definition) is 6. The lowest BCUT2D eigenvalue weighted by atomic mass is 10.1. The first kappa shape index (κ1) is 16.0. The summed E-state index contributed by atoms with van der Waals surface area (Å²) in [5.41, 5.74) is 1.85. The molecule has 2 rings (SSSR count). The molecule has 5 nitrogen and oxygen atoms in total. The van der Waals surface area contributed by atoms with E-state index in [1.807, 2.05) is 36.6 Å². The summed E-state index contributed by atoms with van der Waals surface area (Å²) in [6, 6.07) is 9.57. The molecule has 0 fully saturated rings. The van der Waals surface area contributed by atoms with Crippen molar-refractivity contribution in [3.05, 3.63) is 51.7 Å². The van der Waals surface area contributed by atoms with E-state index in [9.17, 15) is 4.79 Å². The summed E-state index contributed by atoms with van der Waals surface area (Å²) in [6.07, 6.45) is 0. The second-order valence-corrected chi connectivity index (χ2v) is 5.43. The quantitative estimate of drug-likeness (QED) is 0.466. The number of hydrogen-bond donors (Lipinski definition) is 0. The molecule has 116 valence electrons. The Hall–Kier alpha value is -2.34. The third-order valence-corrected chi connectivity index (χ3v) is 3.91. The van der Waals surface area contributed by atoms with Gasteiger partial charge in [0, 0.05) is 5.56 Å². The van der Waals surface area contributed by atoms with Crippen LogP contribution in [0, 0.1) is 6.92 Å². The highest BCUT2D eigenvalue weighted by molar-refractivity contribution is 7.10. The molecule has 0 amide bonds. The van der Waals surface area contributed by atoms with Crippen molar-refractivity contribution in [2.75, 3.05) is 14.2 Å². The Bertz CT molecular complexity index is 678. The molecule has 0 N–H and O–H groups in total. The van der Waals surface area contributed by atoms with E-state index in [4.69, 9.17) is 14.3 Å². The van der Waals surface area contributed by atoms with Gasteiger partial charge in [-0.15, -0.1) is 11.3 Å². The average Bonchev–Trinajstić information content (AvgIpc) is 2.99. The fourth-order valence-electron chi connectivity index (χ4n) is 1.91. The van der Waals surface area contributed by atoms with Crippen LogP contribution in [-0.4, -0.2) is 25.9 Å². The first-order valence-corrected chi connectivity index (χ1v) is 7.50. The molecule has 1 aromatic heterocycles. The van der Waals surface area contributed by atoms with Crippen LogP contribution >= 0.6 is 11.3 Å². The highest BCUT2D eigenvalue weighted by Gasteiger charge is 2.20. The van der Waals surface area contributed by atoms with Gasteiger partial charge in [0.15, 0.2) is 5.71 Å². The van der Waals surface area contributed by atoms with Gasteiger partial charge >= 0.3 is 5.97 Å². The van der Waals surface area contributed by atoms with Crippen LogP contribution in [0.4, 0.5) is 0 Å². The second-order valence-electron chi connectivity index (χ2n) is 4.43. The van der Waals surface area contributed by atoms with Gasteiger partial charge in [0.2, 0.25) is 0 Å². The maximum absolute atomic E-state index is 11.8. The molecule has 6 heteroatoms. The van der Waals surface area contributed by atoms with E-state index in [-0.39, 0.29) is 5.71 Å². The Morgan fingerprint density at radius 2 is 2.00 bits per heavy atom. The Balaban J connectivity index is 2.20. The lowest BCUT2D eigenvalue weighted by Gasteiger charge is -2.09. The van der Waals surface area contributed by atoms with Gasteiger partial charge in [-0.2, -0.15) is 0 Å². The number of carbonyl (C=O) groups is 1. The number of benzene rings is 1. The molecule has 0 aliphatic rings. The van der Waals surface area contributed by atoms with E-state index in [0.29, 0.717) is 12.2 Å². The second kappa shape index (κ2) is 7.61. The van der Waals surface area contributed by atoms with Crippen LogP contribution in [-0.2, 0) is 21.0 Å². The molecule has 0 radical (unpaired) electrons. The van der Waals surface area contributed by atoms with Crippen molar-refractivity contribution in [1.29, 1.82) is 0 Å². The van der Waals surface area contributed by atoms with Crippen molar-refractivity contribution in [3.63, 3.8) is 0 Å². The first-order valence-electron chi connectivity index (χ1n) is 6.62. The van der Waals surface area contributed by atoms with Gasteiger partial charge in [-0.1, -0.05) is 23.4 Å². The van der Waals surface area contributed by atoms with Gasteiger partial charge in [0.05, 0.1) is 12.0 Å². The number of thiophene rings is 1. The minimum atomic E-state index is -0.544. The SMILES string of the molecule is CO/N=C(/C(=O)OC)c1ccsc1COc1ccccc1C. The molecule has 0 saturated heterocycles. The van der Waals surface area contributed by atoms with Gasteiger partial charge in [-0.25, -0.2) is 4.79 Å². The summed E-state index contributed by atoms with van der Waals surface area (Å²) in [5, 5.41) is 5.64. The van der Waals surface area contributed by atoms with E-state index in [1.165, 1.54) is 25.6 Å². The van der Waals surface area contributed by atoms with Gasteiger partial charge in [0.25, 0.3) is 0 Å². The minimum absolute atomic E-state index is 0.134. The zero-order valence-electron chi connectivity index (χ0n) is 12.7. The van der Waals surface area contributed by atoms with Crippen LogP contribution in [0.15, 0.2) is 40.9 Å². The lowest BCUT2D eigenvalue weighted by Crippen LogP contribution is -2.18. The Kier molecular flexibility index (Phi) is 5.55. The molecular weight excluding hydrogens is 302 g/mol. The Labute approximate surface area is 133 Å². The van der Waals surface area contributed by atoms with Crippen LogP contribution in [0.1, 0.15) is 16.0 Å². The summed E-state index contributed by atoms with van der Waals surface area (Å²) in [6.45, 7) is 2.33. The maximum Gasteiger partial charge on any atom is 0.360 e. The minimum Gasteiger partial charge on any atom is -0.488 e. The molecule has 2 aromatic rings. The van der Waals surface area contributed by atoms with Crippen LogP contribution in [0.25, 0.3) is 0 Å². The number of nitrogens with zero attached hydrogens (tertiary/aromatic N) is 1. The molecule has 0 atom stereocenters. The molecular formula is C16H17NO4S. The predicted octanol–water partition coefficient (Wildman–Crippen LogP) is 3.16. The van der Waals surface area contributed by atoms with Crippen molar-refractivity contribution in [2.45, 2.75) is 13.5 Å². The van der Waals surface area contributed by atoms with Crippen molar-refractivity contribution >= 4 is 23.0 Å². The number of esters is 1. The van der Waals surface area contributed by atoms with Crippen LogP contribution in [0.3, 0.4) is 0 Å².